The van der Waals surface area contributed by atoms with Gasteiger partial charge in [-0.2, -0.15) is 0 Å². The summed E-state index contributed by atoms with van der Waals surface area (Å²) in [6.45, 7) is 3.07. The van der Waals surface area contributed by atoms with E-state index in [4.69, 9.17) is 5.11 Å². The summed E-state index contributed by atoms with van der Waals surface area (Å²) >= 11 is 0. The minimum atomic E-state index is -0.660. The van der Waals surface area contributed by atoms with Crippen LogP contribution in [0.4, 0.5) is 0 Å². The van der Waals surface area contributed by atoms with Crippen LogP contribution in [0.1, 0.15) is 45.4 Å². The van der Waals surface area contributed by atoms with E-state index in [1.54, 1.807) is 0 Å². The summed E-state index contributed by atoms with van der Waals surface area (Å²) in [5, 5.41) is 8.73. The average molecular weight is 211 g/mol. The summed E-state index contributed by atoms with van der Waals surface area (Å²) in [5.74, 6) is 0.174. The largest absolute Gasteiger partial charge is 0.481 e. The first-order valence-electron chi connectivity index (χ1n) is 6.14. The molecule has 2 fully saturated rings. The van der Waals surface area contributed by atoms with Crippen LogP contribution in [-0.4, -0.2) is 34.6 Å². The van der Waals surface area contributed by atoms with Crippen molar-refractivity contribution in [1.82, 2.24) is 4.90 Å². The van der Waals surface area contributed by atoms with Crippen molar-refractivity contribution in [2.45, 2.75) is 57.5 Å². The Morgan fingerprint density at radius 2 is 1.93 bits per heavy atom. The Bertz CT molecular complexity index is 238. The molecule has 0 heterocycles. The van der Waals surface area contributed by atoms with E-state index in [1.807, 2.05) is 0 Å². The Morgan fingerprint density at radius 3 is 2.40 bits per heavy atom. The van der Waals surface area contributed by atoms with E-state index in [1.165, 1.54) is 32.1 Å². The Morgan fingerprint density at radius 1 is 1.27 bits per heavy atom. The van der Waals surface area contributed by atoms with Crippen LogP contribution in [0.2, 0.25) is 0 Å². The molecule has 2 aliphatic carbocycles. The molecule has 1 N–H and O–H groups in total. The monoisotopic (exact) mass is 211 g/mol. The van der Waals surface area contributed by atoms with Gasteiger partial charge in [0.15, 0.2) is 0 Å². The molecule has 0 radical (unpaired) electrons. The van der Waals surface area contributed by atoms with E-state index >= 15 is 0 Å². The van der Waals surface area contributed by atoms with E-state index in [0.717, 1.165) is 12.5 Å². The summed E-state index contributed by atoms with van der Waals surface area (Å²) in [5.41, 5.74) is 0. The van der Waals surface area contributed by atoms with E-state index in [0.29, 0.717) is 18.5 Å². The van der Waals surface area contributed by atoms with Crippen LogP contribution in [0.3, 0.4) is 0 Å². The number of hydrogen-bond acceptors (Lipinski definition) is 2. The van der Waals surface area contributed by atoms with Crippen molar-refractivity contribution < 1.29 is 9.90 Å². The summed E-state index contributed by atoms with van der Waals surface area (Å²) in [4.78, 5) is 13.1. The molecule has 3 nitrogen and oxygen atoms in total. The second-order valence-electron chi connectivity index (χ2n) is 5.18. The van der Waals surface area contributed by atoms with E-state index < -0.39 is 5.97 Å². The van der Waals surface area contributed by atoms with Gasteiger partial charge in [-0.1, -0.05) is 6.92 Å². The maximum absolute atomic E-state index is 10.6. The molecule has 2 aliphatic rings. The molecule has 15 heavy (non-hydrogen) atoms. The summed E-state index contributed by atoms with van der Waals surface area (Å²) in [6, 6.07) is 1.38. The van der Waals surface area contributed by atoms with Crippen molar-refractivity contribution in [3.05, 3.63) is 0 Å². The first-order valence-corrected chi connectivity index (χ1v) is 6.14. The van der Waals surface area contributed by atoms with Crippen LogP contribution in [-0.2, 0) is 4.79 Å². The second-order valence-corrected chi connectivity index (χ2v) is 5.18. The Balaban J connectivity index is 1.85. The van der Waals surface area contributed by atoms with Crippen LogP contribution in [0, 0.1) is 5.92 Å². The van der Waals surface area contributed by atoms with Crippen LogP contribution < -0.4 is 0 Å². The number of carboxylic acid groups (broad SMARTS) is 1. The first-order chi connectivity index (χ1) is 7.16. The molecular formula is C12H21NO2. The summed E-state index contributed by atoms with van der Waals surface area (Å²) in [7, 11) is 0. The third-order valence-electron chi connectivity index (χ3n) is 3.74. The SMILES string of the molecule is CC1CCC(N(CCC(=O)O)C2CC2)C1. The molecule has 0 aromatic heterocycles. The molecule has 2 unspecified atom stereocenters. The highest BCUT2D eigenvalue weighted by Gasteiger charge is 2.36. The molecule has 2 rings (SSSR count). The van der Waals surface area contributed by atoms with Gasteiger partial charge in [0.05, 0.1) is 6.42 Å². The van der Waals surface area contributed by atoms with Gasteiger partial charge >= 0.3 is 5.97 Å². The smallest absolute Gasteiger partial charge is 0.304 e. The van der Waals surface area contributed by atoms with Gasteiger partial charge in [-0.3, -0.25) is 9.69 Å². The van der Waals surface area contributed by atoms with Gasteiger partial charge in [-0.05, 0) is 38.0 Å². The predicted molar refractivity (Wildman–Crippen MR) is 58.8 cm³/mol. The molecule has 0 aromatic carbocycles. The maximum Gasteiger partial charge on any atom is 0.304 e. The van der Waals surface area contributed by atoms with Crippen molar-refractivity contribution in [3.63, 3.8) is 0 Å². The van der Waals surface area contributed by atoms with Gasteiger partial charge in [-0.15, -0.1) is 0 Å². The lowest BCUT2D eigenvalue weighted by molar-refractivity contribution is -0.137. The standard InChI is InChI=1S/C12H21NO2/c1-9-2-3-11(8-9)13(10-4-5-10)7-6-12(14)15/h9-11H,2-8H2,1H3,(H,14,15). The summed E-state index contributed by atoms with van der Waals surface area (Å²) in [6.07, 6.45) is 6.74. The van der Waals surface area contributed by atoms with E-state index in [2.05, 4.69) is 11.8 Å². The predicted octanol–water partition coefficient (Wildman–Crippen LogP) is 2.11. The second kappa shape index (κ2) is 4.52. The van der Waals surface area contributed by atoms with Crippen LogP contribution in [0.25, 0.3) is 0 Å². The maximum atomic E-state index is 10.6. The van der Waals surface area contributed by atoms with Gasteiger partial charge in [0.25, 0.3) is 0 Å². The minimum absolute atomic E-state index is 0.307. The number of nitrogens with zero attached hydrogens (tertiary/aromatic N) is 1. The normalized spacial score (nSPS) is 31.1. The fourth-order valence-corrected chi connectivity index (χ4v) is 2.77. The molecule has 0 spiro atoms. The number of carboxylic acids is 1. The van der Waals surface area contributed by atoms with Crippen LogP contribution >= 0.6 is 0 Å². The number of hydrogen-bond donors (Lipinski definition) is 1. The Labute approximate surface area is 91.5 Å². The molecule has 0 aliphatic heterocycles. The van der Waals surface area contributed by atoms with Crippen molar-refractivity contribution in [2.24, 2.45) is 5.92 Å². The lowest BCUT2D eigenvalue weighted by Crippen LogP contribution is -2.37. The lowest BCUT2D eigenvalue weighted by atomic mass is 10.1. The molecule has 2 atom stereocenters. The molecule has 0 bridgehead atoms. The zero-order valence-corrected chi connectivity index (χ0v) is 9.48. The molecule has 3 heteroatoms. The van der Waals surface area contributed by atoms with Crippen molar-refractivity contribution in [2.75, 3.05) is 6.54 Å². The summed E-state index contributed by atoms with van der Waals surface area (Å²) < 4.78 is 0. The van der Waals surface area contributed by atoms with Crippen molar-refractivity contribution in [1.29, 1.82) is 0 Å². The zero-order valence-electron chi connectivity index (χ0n) is 9.48. The third kappa shape index (κ3) is 2.94. The average Bonchev–Trinajstić information content (AvgIpc) is 2.90. The highest BCUT2D eigenvalue weighted by molar-refractivity contribution is 5.66. The topological polar surface area (TPSA) is 40.5 Å². The minimum Gasteiger partial charge on any atom is -0.481 e. The Hall–Kier alpha value is -0.570. The quantitative estimate of drug-likeness (QED) is 0.757. The van der Waals surface area contributed by atoms with Gasteiger partial charge in [0.1, 0.15) is 0 Å². The highest BCUT2D eigenvalue weighted by Crippen LogP contribution is 2.36. The highest BCUT2D eigenvalue weighted by atomic mass is 16.4. The molecule has 0 aromatic rings. The van der Waals surface area contributed by atoms with E-state index in [-0.39, 0.29) is 0 Å². The fourth-order valence-electron chi connectivity index (χ4n) is 2.77. The molecule has 0 saturated heterocycles. The van der Waals surface area contributed by atoms with Crippen LogP contribution in [0.15, 0.2) is 0 Å². The van der Waals surface area contributed by atoms with E-state index in [9.17, 15) is 4.79 Å². The third-order valence-corrected chi connectivity index (χ3v) is 3.74. The van der Waals surface area contributed by atoms with Crippen molar-refractivity contribution in [3.8, 4) is 0 Å². The van der Waals surface area contributed by atoms with Crippen molar-refractivity contribution >= 4 is 5.97 Å². The number of carbonyl (C=O) groups is 1. The Kier molecular flexibility index (Phi) is 3.29. The number of rotatable bonds is 5. The first kappa shape index (κ1) is 10.9. The number of aliphatic carboxylic acids is 1. The molecule has 86 valence electrons. The molecule has 0 amide bonds. The zero-order chi connectivity index (χ0) is 10.8. The molecule has 2 saturated carbocycles. The molecular weight excluding hydrogens is 190 g/mol. The van der Waals surface area contributed by atoms with Gasteiger partial charge < -0.3 is 5.11 Å². The lowest BCUT2D eigenvalue weighted by Gasteiger charge is -2.28. The van der Waals surface area contributed by atoms with Crippen LogP contribution in [0.5, 0.6) is 0 Å². The van der Waals surface area contributed by atoms with Gasteiger partial charge in [-0.25, -0.2) is 0 Å². The fraction of sp³-hybridized carbons (Fsp3) is 0.917. The van der Waals surface area contributed by atoms with Gasteiger partial charge in [0, 0.05) is 18.6 Å². The van der Waals surface area contributed by atoms with Gasteiger partial charge in [0.2, 0.25) is 0 Å².